The smallest absolute Gasteiger partial charge is 0.361 e. The van der Waals surface area contributed by atoms with E-state index in [1.54, 1.807) is 30.5 Å². The lowest BCUT2D eigenvalue weighted by Crippen LogP contribution is -2.12. The van der Waals surface area contributed by atoms with Crippen LogP contribution in [0, 0.1) is 0 Å². The normalized spacial score (nSPS) is 9.00. The van der Waals surface area contributed by atoms with Gasteiger partial charge in [0.25, 0.3) is 0 Å². The molecular formula is C9H8N2OS. The third-order valence-corrected chi connectivity index (χ3v) is 2.09. The molecule has 1 aromatic carbocycles. The third-order valence-electron chi connectivity index (χ3n) is 1.53. The molecule has 3 nitrogen and oxygen atoms in total. The number of thioether (sulfide) groups is 1. The molecule has 66 valence electrons. The predicted molar refractivity (Wildman–Crippen MR) is 52.7 cm³/mol. The first-order chi connectivity index (χ1) is 6.29. The fourth-order valence-corrected chi connectivity index (χ4v) is 1.26. The summed E-state index contributed by atoms with van der Waals surface area (Å²) >= 11 is 1.02. The molecule has 0 spiro atoms. The Morgan fingerprint density at radius 3 is 2.46 bits per heavy atom. The second kappa shape index (κ2) is 4.60. The van der Waals surface area contributed by atoms with E-state index in [-0.39, 0.29) is 10.8 Å². The topological polar surface area (TPSA) is 53.5 Å². The number of benzene rings is 1. The van der Waals surface area contributed by atoms with Crippen LogP contribution in [0.3, 0.4) is 0 Å². The van der Waals surface area contributed by atoms with Gasteiger partial charge < -0.3 is 5.53 Å². The highest BCUT2D eigenvalue weighted by molar-refractivity contribution is 8.14. The number of hydrogen-bond acceptors (Lipinski definition) is 2. The average Bonchev–Trinajstić information content (AvgIpc) is 2.20. The minimum Gasteiger partial charge on any atom is -0.361 e. The molecular weight excluding hydrogens is 184 g/mol. The maximum absolute atomic E-state index is 11.2. The summed E-state index contributed by atoms with van der Waals surface area (Å²) in [4.78, 5) is 14.2. The molecule has 0 saturated heterocycles. The van der Waals surface area contributed by atoms with Crippen LogP contribution in [-0.2, 0) is 4.79 Å². The standard InChI is InChI=1S/C9H8N2OS/c1-13-9(12)8(11-10)7-5-3-2-4-6-7/h2-6H,1H3. The van der Waals surface area contributed by atoms with Gasteiger partial charge in [-0.15, -0.1) is 0 Å². The van der Waals surface area contributed by atoms with Gasteiger partial charge in [0.2, 0.25) is 0 Å². The number of carbonyl (C=O) groups is 1. The van der Waals surface area contributed by atoms with Gasteiger partial charge in [0.15, 0.2) is 0 Å². The Bertz CT molecular complexity index is 355. The molecule has 1 rings (SSSR count). The van der Waals surface area contributed by atoms with Gasteiger partial charge in [-0.1, -0.05) is 30.0 Å². The van der Waals surface area contributed by atoms with E-state index in [1.807, 2.05) is 6.07 Å². The molecule has 0 atom stereocenters. The Labute approximate surface area is 80.4 Å². The molecule has 0 aliphatic carbocycles. The molecule has 0 unspecified atom stereocenters. The van der Waals surface area contributed by atoms with Crippen LogP contribution in [0.15, 0.2) is 30.3 Å². The van der Waals surface area contributed by atoms with E-state index in [1.165, 1.54) is 0 Å². The summed E-state index contributed by atoms with van der Waals surface area (Å²) in [6, 6.07) is 8.86. The zero-order valence-electron chi connectivity index (χ0n) is 7.10. The van der Waals surface area contributed by atoms with Gasteiger partial charge in [-0.05, 0) is 18.4 Å². The highest BCUT2D eigenvalue weighted by atomic mass is 32.2. The van der Waals surface area contributed by atoms with Gasteiger partial charge in [-0.25, -0.2) is 0 Å². The summed E-state index contributed by atoms with van der Waals surface area (Å²) in [6.07, 6.45) is 1.65. The molecule has 0 N–H and O–H groups in total. The Balaban J connectivity index is 3.07. The molecule has 1 aromatic rings. The predicted octanol–water partition coefficient (Wildman–Crippen LogP) is 1.60. The van der Waals surface area contributed by atoms with Gasteiger partial charge in [0.05, 0.1) is 5.56 Å². The third kappa shape index (κ3) is 2.28. The molecule has 13 heavy (non-hydrogen) atoms. The number of carbonyl (C=O) groups excluding carboxylic acids is 1. The van der Waals surface area contributed by atoms with Crippen molar-refractivity contribution in [2.24, 2.45) is 0 Å². The van der Waals surface area contributed by atoms with E-state index in [0.717, 1.165) is 11.8 Å². The van der Waals surface area contributed by atoms with Gasteiger partial charge in [-0.2, -0.15) is 4.79 Å². The number of hydrogen-bond donors (Lipinski definition) is 0. The van der Waals surface area contributed by atoms with Crippen molar-refractivity contribution >= 4 is 22.6 Å². The van der Waals surface area contributed by atoms with Crippen LogP contribution in [0.4, 0.5) is 0 Å². The summed E-state index contributed by atoms with van der Waals surface area (Å²) in [5.41, 5.74) is 9.35. The molecule has 0 bridgehead atoms. The van der Waals surface area contributed by atoms with Crippen molar-refractivity contribution in [1.29, 1.82) is 0 Å². The quantitative estimate of drug-likeness (QED) is 0.406. The average molecular weight is 192 g/mol. The lowest BCUT2D eigenvalue weighted by molar-refractivity contribution is -0.109. The van der Waals surface area contributed by atoms with Crippen molar-refractivity contribution in [2.45, 2.75) is 0 Å². The van der Waals surface area contributed by atoms with Gasteiger partial charge >= 0.3 is 10.8 Å². The van der Waals surface area contributed by atoms with Crippen LogP contribution in [0.1, 0.15) is 5.56 Å². The molecule has 0 heterocycles. The lowest BCUT2D eigenvalue weighted by Gasteiger charge is -1.91. The summed E-state index contributed by atoms with van der Waals surface area (Å²) in [5.74, 6) is 0. The Morgan fingerprint density at radius 2 is 2.00 bits per heavy atom. The number of nitrogens with zero attached hydrogens (tertiary/aromatic N) is 2. The molecule has 0 radical (unpaired) electrons. The molecule has 0 amide bonds. The zero-order chi connectivity index (χ0) is 9.68. The molecule has 0 aliphatic rings. The van der Waals surface area contributed by atoms with Crippen molar-refractivity contribution in [3.05, 3.63) is 41.4 Å². The van der Waals surface area contributed by atoms with Crippen molar-refractivity contribution in [1.82, 2.24) is 0 Å². The Hall–Kier alpha value is -1.38. The van der Waals surface area contributed by atoms with E-state index < -0.39 is 0 Å². The Morgan fingerprint density at radius 1 is 1.38 bits per heavy atom. The van der Waals surface area contributed by atoms with Crippen molar-refractivity contribution in [2.75, 3.05) is 6.26 Å². The molecule has 0 saturated carbocycles. The second-order valence-electron chi connectivity index (χ2n) is 2.31. The highest BCUT2D eigenvalue weighted by Gasteiger charge is 2.20. The summed E-state index contributed by atoms with van der Waals surface area (Å²) < 4.78 is 0. The van der Waals surface area contributed by atoms with Crippen LogP contribution < -0.4 is 0 Å². The first kappa shape index (κ1) is 9.71. The SMILES string of the molecule is CSC(=O)C(=[N+]=[N-])c1ccccc1. The lowest BCUT2D eigenvalue weighted by atomic mass is 10.1. The van der Waals surface area contributed by atoms with Crippen LogP contribution in [0.2, 0.25) is 0 Å². The fraction of sp³-hybridized carbons (Fsp3) is 0.111. The highest BCUT2D eigenvalue weighted by Crippen LogP contribution is 2.05. The first-order valence-corrected chi connectivity index (χ1v) is 4.88. The van der Waals surface area contributed by atoms with E-state index >= 15 is 0 Å². The number of rotatable bonds is 2. The maximum Gasteiger partial charge on any atom is 0.375 e. The monoisotopic (exact) mass is 192 g/mol. The molecule has 0 aliphatic heterocycles. The summed E-state index contributed by atoms with van der Waals surface area (Å²) in [5, 5.41) is -0.242. The van der Waals surface area contributed by atoms with E-state index in [9.17, 15) is 4.79 Å². The molecule has 0 aromatic heterocycles. The van der Waals surface area contributed by atoms with Crippen molar-refractivity contribution in [3.8, 4) is 0 Å². The van der Waals surface area contributed by atoms with E-state index in [0.29, 0.717) is 5.56 Å². The summed E-state index contributed by atoms with van der Waals surface area (Å²) in [6.45, 7) is 0. The van der Waals surface area contributed by atoms with Crippen LogP contribution in [0.25, 0.3) is 5.53 Å². The van der Waals surface area contributed by atoms with E-state index in [4.69, 9.17) is 5.53 Å². The molecule has 4 heteroatoms. The van der Waals surface area contributed by atoms with Gasteiger partial charge in [-0.3, -0.25) is 4.79 Å². The first-order valence-electron chi connectivity index (χ1n) is 3.65. The van der Waals surface area contributed by atoms with Gasteiger partial charge in [0, 0.05) is 0 Å². The Kier molecular flexibility index (Phi) is 3.43. The van der Waals surface area contributed by atoms with Crippen molar-refractivity contribution in [3.63, 3.8) is 0 Å². The summed E-state index contributed by atoms with van der Waals surface area (Å²) in [7, 11) is 0. The van der Waals surface area contributed by atoms with E-state index in [2.05, 4.69) is 4.79 Å². The second-order valence-corrected chi connectivity index (χ2v) is 3.09. The van der Waals surface area contributed by atoms with Crippen LogP contribution >= 0.6 is 11.8 Å². The van der Waals surface area contributed by atoms with Crippen LogP contribution in [-0.4, -0.2) is 21.9 Å². The van der Waals surface area contributed by atoms with Gasteiger partial charge in [0.1, 0.15) is 0 Å². The molecule has 0 fully saturated rings. The van der Waals surface area contributed by atoms with Crippen molar-refractivity contribution < 1.29 is 9.58 Å². The van der Waals surface area contributed by atoms with Crippen LogP contribution in [0.5, 0.6) is 0 Å². The minimum absolute atomic E-state index is 0.0908. The zero-order valence-corrected chi connectivity index (χ0v) is 7.91. The fourth-order valence-electron chi connectivity index (χ4n) is 0.909. The minimum atomic E-state index is -0.242. The maximum atomic E-state index is 11.2. The largest absolute Gasteiger partial charge is 0.375 e.